The standard InChI is InChI=1S/C19H16ClNO4S2/c1-24-13-5-3-11(4-6-13)10-21-18(23)16(27-19(21)26)9-12-7-14(20)17(22)15(8-12)25-2/h3-9,22H,10H2,1-2H3/b16-9-. The summed E-state index contributed by atoms with van der Waals surface area (Å²) in [4.78, 5) is 14.8. The summed E-state index contributed by atoms with van der Waals surface area (Å²) >= 11 is 12.6. The van der Waals surface area contributed by atoms with Crippen LogP contribution in [0.4, 0.5) is 0 Å². The van der Waals surface area contributed by atoms with Crippen molar-refractivity contribution in [3.63, 3.8) is 0 Å². The number of phenolic OH excluding ortho intramolecular Hbond substituents is 1. The smallest absolute Gasteiger partial charge is 0.266 e. The molecule has 0 spiro atoms. The lowest BCUT2D eigenvalue weighted by Crippen LogP contribution is -2.27. The normalized spacial score (nSPS) is 15.5. The van der Waals surface area contributed by atoms with E-state index in [-0.39, 0.29) is 22.4 Å². The lowest BCUT2D eigenvalue weighted by atomic mass is 10.1. The summed E-state index contributed by atoms with van der Waals surface area (Å²) in [5, 5.41) is 9.98. The Morgan fingerprint density at radius 1 is 1.22 bits per heavy atom. The van der Waals surface area contributed by atoms with Gasteiger partial charge in [-0.2, -0.15) is 0 Å². The number of hydrogen-bond acceptors (Lipinski definition) is 6. The van der Waals surface area contributed by atoms with Crippen molar-refractivity contribution in [1.82, 2.24) is 4.90 Å². The molecule has 0 atom stereocenters. The van der Waals surface area contributed by atoms with Crippen molar-refractivity contribution < 1.29 is 19.4 Å². The van der Waals surface area contributed by atoms with Gasteiger partial charge in [-0.1, -0.05) is 47.7 Å². The molecule has 0 radical (unpaired) electrons. The molecule has 2 aromatic rings. The van der Waals surface area contributed by atoms with Crippen LogP contribution in [0.1, 0.15) is 11.1 Å². The summed E-state index contributed by atoms with van der Waals surface area (Å²) in [6.07, 6.45) is 1.68. The van der Waals surface area contributed by atoms with Gasteiger partial charge in [-0.3, -0.25) is 9.69 Å². The topological polar surface area (TPSA) is 59.0 Å². The number of halogens is 1. The number of rotatable bonds is 5. The maximum Gasteiger partial charge on any atom is 0.266 e. The fraction of sp³-hybridized carbons (Fsp3) is 0.158. The average Bonchev–Trinajstić information content (AvgIpc) is 2.92. The number of phenols is 1. The highest BCUT2D eigenvalue weighted by molar-refractivity contribution is 8.26. The number of thiocarbonyl (C=S) groups is 1. The van der Waals surface area contributed by atoms with Gasteiger partial charge in [-0.05, 0) is 41.5 Å². The molecule has 1 aliphatic rings. The molecule has 0 unspecified atom stereocenters. The van der Waals surface area contributed by atoms with E-state index in [9.17, 15) is 9.90 Å². The second-order valence-corrected chi connectivity index (χ2v) is 7.75. The molecule has 1 saturated heterocycles. The Bertz CT molecular complexity index is 928. The monoisotopic (exact) mass is 421 g/mol. The maximum atomic E-state index is 12.8. The predicted octanol–water partition coefficient (Wildman–Crippen LogP) is 4.46. The molecule has 1 fully saturated rings. The van der Waals surface area contributed by atoms with E-state index in [1.807, 2.05) is 24.3 Å². The van der Waals surface area contributed by atoms with Gasteiger partial charge < -0.3 is 14.6 Å². The lowest BCUT2D eigenvalue weighted by molar-refractivity contribution is -0.122. The van der Waals surface area contributed by atoms with E-state index in [0.717, 1.165) is 11.3 Å². The molecule has 1 aliphatic heterocycles. The molecule has 0 aromatic heterocycles. The van der Waals surface area contributed by atoms with Crippen LogP contribution >= 0.6 is 35.6 Å². The van der Waals surface area contributed by atoms with Gasteiger partial charge >= 0.3 is 0 Å². The van der Waals surface area contributed by atoms with Crippen LogP contribution in [0.3, 0.4) is 0 Å². The average molecular weight is 422 g/mol. The van der Waals surface area contributed by atoms with Crippen LogP contribution in [0.15, 0.2) is 41.3 Å². The van der Waals surface area contributed by atoms with Crippen molar-refractivity contribution in [2.45, 2.75) is 6.54 Å². The van der Waals surface area contributed by atoms with Gasteiger partial charge in [0.05, 0.1) is 30.7 Å². The molecule has 0 saturated carbocycles. The molecule has 1 N–H and O–H groups in total. The number of thioether (sulfide) groups is 1. The fourth-order valence-corrected chi connectivity index (χ4v) is 4.01. The third-order valence-corrected chi connectivity index (χ3v) is 5.61. The van der Waals surface area contributed by atoms with Crippen LogP contribution in [-0.4, -0.2) is 34.5 Å². The molecule has 8 heteroatoms. The highest BCUT2D eigenvalue weighted by Crippen LogP contribution is 2.38. The third-order valence-electron chi connectivity index (χ3n) is 3.94. The van der Waals surface area contributed by atoms with Crippen LogP contribution in [0.2, 0.25) is 5.02 Å². The molecule has 1 amide bonds. The highest BCUT2D eigenvalue weighted by atomic mass is 35.5. The number of ether oxygens (including phenoxy) is 2. The number of carbonyl (C=O) groups excluding carboxylic acids is 1. The summed E-state index contributed by atoms with van der Waals surface area (Å²) in [6.45, 7) is 0.381. The molecular formula is C19H16ClNO4S2. The summed E-state index contributed by atoms with van der Waals surface area (Å²) in [6, 6.07) is 10.6. The molecule has 5 nitrogen and oxygen atoms in total. The van der Waals surface area contributed by atoms with E-state index in [4.69, 9.17) is 33.3 Å². The highest BCUT2D eigenvalue weighted by Gasteiger charge is 2.32. The molecule has 3 rings (SSSR count). The second kappa shape index (κ2) is 8.21. The van der Waals surface area contributed by atoms with Crippen LogP contribution in [0, 0.1) is 0 Å². The number of aromatic hydroxyl groups is 1. The van der Waals surface area contributed by atoms with Crippen LogP contribution in [0.5, 0.6) is 17.2 Å². The SMILES string of the molecule is COc1ccc(CN2C(=O)/C(=C/c3cc(Cl)c(O)c(OC)c3)SC2=S)cc1. The maximum absolute atomic E-state index is 12.8. The summed E-state index contributed by atoms with van der Waals surface area (Å²) in [5.41, 5.74) is 1.59. The van der Waals surface area contributed by atoms with Gasteiger partial charge in [0.1, 0.15) is 10.1 Å². The van der Waals surface area contributed by atoms with Gasteiger partial charge in [0.15, 0.2) is 11.5 Å². The largest absolute Gasteiger partial charge is 0.503 e. The second-order valence-electron chi connectivity index (χ2n) is 5.67. The van der Waals surface area contributed by atoms with Crippen molar-refractivity contribution >= 4 is 51.9 Å². The first-order chi connectivity index (χ1) is 12.9. The molecule has 27 heavy (non-hydrogen) atoms. The minimum atomic E-state index is -0.177. The summed E-state index contributed by atoms with van der Waals surface area (Å²) in [7, 11) is 3.04. The number of hydrogen-bond donors (Lipinski definition) is 1. The number of amides is 1. The summed E-state index contributed by atoms with van der Waals surface area (Å²) in [5.74, 6) is 0.678. The van der Waals surface area contributed by atoms with Crippen LogP contribution < -0.4 is 9.47 Å². The minimum absolute atomic E-state index is 0.136. The predicted molar refractivity (Wildman–Crippen MR) is 111 cm³/mol. The Labute approximate surface area is 171 Å². The molecule has 0 aliphatic carbocycles. The van der Waals surface area contributed by atoms with Crippen molar-refractivity contribution in [2.24, 2.45) is 0 Å². The Kier molecular flexibility index (Phi) is 5.94. The van der Waals surface area contributed by atoms with Gasteiger partial charge in [0.25, 0.3) is 5.91 Å². The van der Waals surface area contributed by atoms with E-state index in [1.54, 1.807) is 30.2 Å². The zero-order chi connectivity index (χ0) is 19.6. The van der Waals surface area contributed by atoms with Crippen molar-refractivity contribution in [1.29, 1.82) is 0 Å². The van der Waals surface area contributed by atoms with E-state index >= 15 is 0 Å². The Morgan fingerprint density at radius 3 is 2.56 bits per heavy atom. The summed E-state index contributed by atoms with van der Waals surface area (Å²) < 4.78 is 10.7. The molecule has 2 aromatic carbocycles. The first-order valence-corrected chi connectivity index (χ1v) is 9.48. The van der Waals surface area contributed by atoms with E-state index in [0.29, 0.717) is 21.3 Å². The van der Waals surface area contributed by atoms with Gasteiger partial charge in [-0.15, -0.1) is 0 Å². The Hall–Kier alpha value is -2.22. The lowest BCUT2D eigenvalue weighted by Gasteiger charge is -2.14. The van der Waals surface area contributed by atoms with Crippen molar-refractivity contribution in [3.8, 4) is 17.2 Å². The number of nitrogens with zero attached hydrogens (tertiary/aromatic N) is 1. The van der Waals surface area contributed by atoms with Crippen LogP contribution in [-0.2, 0) is 11.3 Å². The van der Waals surface area contributed by atoms with E-state index in [2.05, 4.69) is 0 Å². The first kappa shape index (κ1) is 19.5. The molecule has 1 heterocycles. The number of methoxy groups -OCH3 is 2. The van der Waals surface area contributed by atoms with Crippen molar-refractivity contribution in [2.75, 3.05) is 14.2 Å². The van der Waals surface area contributed by atoms with E-state index < -0.39 is 0 Å². The van der Waals surface area contributed by atoms with Crippen molar-refractivity contribution in [3.05, 3.63) is 57.5 Å². The van der Waals surface area contributed by atoms with Gasteiger partial charge in [-0.25, -0.2) is 0 Å². The zero-order valence-electron chi connectivity index (χ0n) is 14.6. The number of carbonyl (C=O) groups is 1. The van der Waals surface area contributed by atoms with Crippen LogP contribution in [0.25, 0.3) is 6.08 Å². The molecule has 0 bridgehead atoms. The molecule has 140 valence electrons. The van der Waals surface area contributed by atoms with Gasteiger partial charge in [0.2, 0.25) is 0 Å². The fourth-order valence-electron chi connectivity index (χ4n) is 2.53. The third kappa shape index (κ3) is 4.21. The molecular weight excluding hydrogens is 406 g/mol. The zero-order valence-corrected chi connectivity index (χ0v) is 17.0. The quantitative estimate of drug-likeness (QED) is 0.568. The van der Waals surface area contributed by atoms with Gasteiger partial charge in [0, 0.05) is 0 Å². The first-order valence-electron chi connectivity index (χ1n) is 7.87. The minimum Gasteiger partial charge on any atom is -0.503 e. The van der Waals surface area contributed by atoms with E-state index in [1.165, 1.54) is 18.9 Å². The number of benzene rings is 2. The Morgan fingerprint density at radius 2 is 1.93 bits per heavy atom. The Balaban J connectivity index is 1.83.